The van der Waals surface area contributed by atoms with Gasteiger partial charge in [0.2, 0.25) is 5.91 Å². The van der Waals surface area contributed by atoms with Gasteiger partial charge >= 0.3 is 6.18 Å². The summed E-state index contributed by atoms with van der Waals surface area (Å²) in [5, 5.41) is 2.68. The average Bonchev–Trinajstić information content (AvgIpc) is 3.40. The number of nitrogens with zero attached hydrogens (tertiary/aromatic N) is 2. The highest BCUT2D eigenvalue weighted by atomic mass is 19.4. The molecule has 1 aromatic carbocycles. The van der Waals surface area contributed by atoms with E-state index in [9.17, 15) is 22.4 Å². The highest BCUT2D eigenvalue weighted by Crippen LogP contribution is 2.36. The molecule has 0 atom stereocenters. The van der Waals surface area contributed by atoms with Gasteiger partial charge in [-0.25, -0.2) is 9.37 Å². The van der Waals surface area contributed by atoms with Crippen LogP contribution in [-0.2, 0) is 11.0 Å². The number of benzene rings is 1. The van der Waals surface area contributed by atoms with Crippen molar-refractivity contribution in [1.82, 2.24) is 9.38 Å². The molecule has 1 saturated carbocycles. The summed E-state index contributed by atoms with van der Waals surface area (Å²) in [5.74, 6) is -0.136. The maximum absolute atomic E-state index is 13.8. The van der Waals surface area contributed by atoms with Crippen LogP contribution in [0.1, 0.15) is 31.2 Å². The number of aromatic nitrogens is 2. The Morgan fingerprint density at radius 3 is 2.71 bits per heavy atom. The molecule has 8 heteroatoms. The van der Waals surface area contributed by atoms with Gasteiger partial charge in [-0.3, -0.25) is 9.20 Å². The summed E-state index contributed by atoms with van der Waals surface area (Å²) in [7, 11) is 0. The number of halogens is 4. The van der Waals surface area contributed by atoms with Crippen molar-refractivity contribution in [3.8, 4) is 11.3 Å². The number of anilines is 1. The quantitative estimate of drug-likeness (QED) is 0.601. The number of imidazole rings is 1. The third kappa shape index (κ3) is 3.85. The van der Waals surface area contributed by atoms with Gasteiger partial charge in [0.1, 0.15) is 11.5 Å². The first kappa shape index (κ1) is 18.5. The molecule has 0 saturated heterocycles. The summed E-state index contributed by atoms with van der Waals surface area (Å²) in [6, 6.07) is 7.29. The highest BCUT2D eigenvalue weighted by molar-refractivity contribution is 5.94. The second-order valence-corrected chi connectivity index (χ2v) is 6.99. The van der Waals surface area contributed by atoms with E-state index < -0.39 is 17.6 Å². The van der Waals surface area contributed by atoms with E-state index in [1.54, 1.807) is 0 Å². The summed E-state index contributed by atoms with van der Waals surface area (Å²) in [6.07, 6.45) is -0.0539. The Kier molecular flexibility index (Phi) is 4.56. The van der Waals surface area contributed by atoms with Crippen molar-refractivity contribution in [1.29, 1.82) is 0 Å². The van der Waals surface area contributed by atoms with Gasteiger partial charge in [-0.2, -0.15) is 13.2 Å². The summed E-state index contributed by atoms with van der Waals surface area (Å²) in [6.45, 7) is 0. The number of alkyl halides is 3. The smallest absolute Gasteiger partial charge is 0.309 e. The Morgan fingerprint density at radius 1 is 1.21 bits per heavy atom. The zero-order valence-electron chi connectivity index (χ0n) is 14.8. The lowest BCUT2D eigenvalue weighted by molar-refractivity contribution is -0.137. The number of pyridine rings is 1. The normalized spacial score (nSPS) is 14.4. The van der Waals surface area contributed by atoms with Crippen LogP contribution in [0.3, 0.4) is 0 Å². The number of hydrogen-bond acceptors (Lipinski definition) is 2. The van der Waals surface area contributed by atoms with Crippen LogP contribution in [0.2, 0.25) is 0 Å². The molecule has 0 bridgehead atoms. The number of hydrogen-bond donors (Lipinski definition) is 1. The summed E-state index contributed by atoms with van der Waals surface area (Å²) in [5.41, 5.74) is -0.112. The summed E-state index contributed by atoms with van der Waals surface area (Å²) < 4.78 is 54.5. The van der Waals surface area contributed by atoms with Crippen molar-refractivity contribution >= 4 is 17.4 Å². The fourth-order valence-electron chi connectivity index (χ4n) is 3.16. The molecule has 2 aromatic heterocycles. The third-order valence-electron chi connectivity index (χ3n) is 4.78. The monoisotopic (exact) mass is 391 g/mol. The summed E-state index contributed by atoms with van der Waals surface area (Å²) in [4.78, 5) is 16.6. The molecule has 1 N–H and O–H groups in total. The molecule has 4 nitrogen and oxygen atoms in total. The molecule has 0 unspecified atom stereocenters. The van der Waals surface area contributed by atoms with E-state index in [2.05, 4.69) is 10.3 Å². The van der Waals surface area contributed by atoms with Crippen molar-refractivity contribution in [3.63, 3.8) is 0 Å². The second kappa shape index (κ2) is 6.92. The third-order valence-corrected chi connectivity index (χ3v) is 4.78. The van der Waals surface area contributed by atoms with Crippen molar-refractivity contribution < 1.29 is 22.4 Å². The molecule has 146 valence electrons. The molecular weight excluding hydrogens is 374 g/mol. The van der Waals surface area contributed by atoms with Crippen LogP contribution in [0, 0.1) is 11.7 Å². The van der Waals surface area contributed by atoms with E-state index in [0.29, 0.717) is 18.0 Å². The van der Waals surface area contributed by atoms with Gasteiger partial charge in [-0.15, -0.1) is 0 Å². The second-order valence-electron chi connectivity index (χ2n) is 6.99. The number of amides is 1. The van der Waals surface area contributed by atoms with Crippen LogP contribution >= 0.6 is 0 Å². The highest BCUT2D eigenvalue weighted by Gasteiger charge is 2.31. The van der Waals surface area contributed by atoms with Gasteiger partial charge in [0.05, 0.1) is 11.3 Å². The fraction of sp³-hybridized carbons (Fsp3) is 0.300. The molecule has 0 aliphatic heterocycles. The van der Waals surface area contributed by atoms with Crippen molar-refractivity contribution in [2.24, 2.45) is 5.92 Å². The zero-order valence-corrected chi connectivity index (χ0v) is 14.8. The molecule has 4 rings (SSSR count). The standard InChI is InChI=1S/C20H17F4N3O/c21-15-7-8-16-25-19(26-17(28)9-6-12-4-5-12)18(27(16)11-15)13-2-1-3-14(10-13)20(22,23)24/h1-3,7-8,10-12H,4-6,9H2,(H,26,28). The number of carbonyl (C=O) groups is 1. The fourth-order valence-corrected chi connectivity index (χ4v) is 3.16. The molecule has 1 aliphatic carbocycles. The lowest BCUT2D eigenvalue weighted by Gasteiger charge is -2.11. The van der Waals surface area contributed by atoms with Crippen molar-refractivity contribution in [2.75, 3.05) is 5.32 Å². The van der Waals surface area contributed by atoms with Gasteiger partial charge in [0.15, 0.2) is 5.82 Å². The molecule has 0 spiro atoms. The minimum Gasteiger partial charge on any atom is -0.309 e. The van der Waals surface area contributed by atoms with Crippen LogP contribution in [-0.4, -0.2) is 15.3 Å². The number of rotatable bonds is 5. The lowest BCUT2D eigenvalue weighted by Crippen LogP contribution is -2.12. The minimum absolute atomic E-state index is 0.116. The molecule has 3 aromatic rings. The van der Waals surface area contributed by atoms with Crippen LogP contribution in [0.25, 0.3) is 16.9 Å². The number of fused-ring (bicyclic) bond motifs is 1. The minimum atomic E-state index is -4.52. The average molecular weight is 391 g/mol. The Bertz CT molecular complexity index is 1040. The maximum atomic E-state index is 13.8. The Labute approximate surface area is 158 Å². The van der Waals surface area contributed by atoms with Crippen molar-refractivity contribution in [3.05, 3.63) is 54.0 Å². The van der Waals surface area contributed by atoms with E-state index >= 15 is 0 Å². The first-order valence-electron chi connectivity index (χ1n) is 8.96. The van der Waals surface area contributed by atoms with Crippen LogP contribution in [0.5, 0.6) is 0 Å². The van der Waals surface area contributed by atoms with E-state index in [1.807, 2.05) is 0 Å². The lowest BCUT2D eigenvalue weighted by atomic mass is 10.1. The van der Waals surface area contributed by atoms with E-state index in [0.717, 1.165) is 37.6 Å². The molecule has 0 radical (unpaired) electrons. The van der Waals surface area contributed by atoms with Gasteiger partial charge in [0, 0.05) is 18.2 Å². The Morgan fingerprint density at radius 2 is 2.00 bits per heavy atom. The van der Waals surface area contributed by atoms with Gasteiger partial charge in [-0.1, -0.05) is 25.0 Å². The van der Waals surface area contributed by atoms with E-state index in [1.165, 1.54) is 28.7 Å². The van der Waals surface area contributed by atoms with Gasteiger partial charge < -0.3 is 5.32 Å². The number of nitrogens with one attached hydrogen (secondary N) is 1. The first-order valence-corrected chi connectivity index (χ1v) is 8.96. The zero-order chi connectivity index (χ0) is 19.9. The molecule has 1 fully saturated rings. The first-order chi connectivity index (χ1) is 13.3. The SMILES string of the molecule is O=C(CCC1CC1)Nc1nc2ccc(F)cn2c1-c1cccc(C(F)(F)F)c1. The van der Waals surface area contributed by atoms with Gasteiger partial charge in [-0.05, 0) is 36.6 Å². The molecule has 2 heterocycles. The van der Waals surface area contributed by atoms with E-state index in [4.69, 9.17) is 0 Å². The largest absolute Gasteiger partial charge is 0.416 e. The maximum Gasteiger partial charge on any atom is 0.416 e. The number of carbonyl (C=O) groups excluding carboxylic acids is 1. The van der Waals surface area contributed by atoms with Crippen molar-refractivity contribution in [2.45, 2.75) is 31.9 Å². The van der Waals surface area contributed by atoms with E-state index in [-0.39, 0.29) is 23.0 Å². The molecular formula is C20H17F4N3O. The predicted molar refractivity (Wildman–Crippen MR) is 96.2 cm³/mol. The molecule has 28 heavy (non-hydrogen) atoms. The van der Waals surface area contributed by atoms with Crippen LogP contribution in [0.4, 0.5) is 23.4 Å². The van der Waals surface area contributed by atoms with Crippen LogP contribution < -0.4 is 5.32 Å². The molecule has 1 aliphatic rings. The Hall–Kier alpha value is -2.90. The van der Waals surface area contributed by atoms with Gasteiger partial charge in [0.25, 0.3) is 0 Å². The predicted octanol–water partition coefficient (Wildman–Crippen LogP) is 5.29. The Balaban J connectivity index is 1.76. The topological polar surface area (TPSA) is 46.4 Å². The molecule has 1 amide bonds. The summed E-state index contributed by atoms with van der Waals surface area (Å²) >= 11 is 0. The van der Waals surface area contributed by atoms with Crippen LogP contribution in [0.15, 0.2) is 42.6 Å².